The molecule has 0 fully saturated rings. The van der Waals surface area contributed by atoms with Gasteiger partial charge in [-0.25, -0.2) is 14.2 Å². The van der Waals surface area contributed by atoms with E-state index in [1.807, 2.05) is 0 Å². The molecular formula is C22H27FN2O6. The maximum atomic E-state index is 13.1. The molecule has 1 aromatic carbocycles. The number of methoxy groups -OCH3 is 2. The van der Waals surface area contributed by atoms with E-state index in [2.05, 4.69) is 10.3 Å². The van der Waals surface area contributed by atoms with Crippen LogP contribution >= 0.6 is 0 Å². The maximum Gasteiger partial charge on any atom is 0.328 e. The molecule has 0 aliphatic carbocycles. The third kappa shape index (κ3) is 6.65. The van der Waals surface area contributed by atoms with Crippen LogP contribution in [-0.4, -0.2) is 54.9 Å². The van der Waals surface area contributed by atoms with Gasteiger partial charge in [-0.2, -0.15) is 0 Å². The second-order valence-corrected chi connectivity index (χ2v) is 7.09. The Morgan fingerprint density at radius 3 is 2.45 bits per heavy atom. The predicted octanol–water partition coefficient (Wildman–Crippen LogP) is 2.49. The number of pyridine rings is 1. The molecule has 168 valence electrons. The highest BCUT2D eigenvalue weighted by Crippen LogP contribution is 2.27. The lowest BCUT2D eigenvalue weighted by atomic mass is 9.95. The number of ether oxygens (including phenoxy) is 3. The maximum absolute atomic E-state index is 13.1. The normalized spacial score (nSPS) is 13.7. The lowest BCUT2D eigenvalue weighted by molar-refractivity contribution is -0.153. The number of carbonyl (C=O) groups is 2. The van der Waals surface area contributed by atoms with Crippen LogP contribution in [0.4, 0.5) is 4.39 Å². The highest BCUT2D eigenvalue weighted by Gasteiger charge is 2.27. The van der Waals surface area contributed by atoms with Gasteiger partial charge in [-0.05, 0) is 38.0 Å². The lowest BCUT2D eigenvalue weighted by Gasteiger charge is -2.25. The fraction of sp³-hybridized carbons (Fsp3) is 0.409. The first-order chi connectivity index (χ1) is 14.8. The van der Waals surface area contributed by atoms with Gasteiger partial charge in [0, 0.05) is 25.3 Å². The van der Waals surface area contributed by atoms with Gasteiger partial charge >= 0.3 is 5.97 Å². The first kappa shape index (κ1) is 24.1. The van der Waals surface area contributed by atoms with E-state index >= 15 is 0 Å². The summed E-state index contributed by atoms with van der Waals surface area (Å²) in [6.45, 7) is 3.53. The van der Waals surface area contributed by atoms with E-state index in [0.29, 0.717) is 13.0 Å². The van der Waals surface area contributed by atoms with Crippen molar-refractivity contribution in [3.63, 3.8) is 0 Å². The van der Waals surface area contributed by atoms with E-state index < -0.39 is 29.8 Å². The summed E-state index contributed by atoms with van der Waals surface area (Å²) in [5.74, 6) is -2.22. The molecule has 0 saturated carbocycles. The second kappa shape index (κ2) is 11.3. The van der Waals surface area contributed by atoms with Crippen LogP contribution in [0.5, 0.6) is 11.5 Å². The van der Waals surface area contributed by atoms with Crippen LogP contribution in [0.2, 0.25) is 0 Å². The summed E-state index contributed by atoms with van der Waals surface area (Å²) in [6.07, 6.45) is 1.30. The average molecular weight is 434 g/mol. The summed E-state index contributed by atoms with van der Waals surface area (Å²) in [6, 6.07) is 6.50. The highest BCUT2D eigenvalue weighted by molar-refractivity contribution is 5.97. The largest absolute Gasteiger partial charge is 0.503 e. The van der Waals surface area contributed by atoms with E-state index in [1.165, 1.54) is 38.4 Å². The van der Waals surface area contributed by atoms with E-state index in [-0.39, 0.29) is 23.2 Å². The standard InChI is InChI=1S/C22H27FN2O6/c1-13(25-21(27)19-20(26)18(30-4)9-10-24-19)22(28)31-14(2)16(12-29-3)11-15-5-7-17(23)8-6-15/h5-10,13-14,16,26H,11-12H2,1-4H3,(H,25,27)/t13-,14-,16+/m0/s1. The smallest absolute Gasteiger partial charge is 0.328 e. The lowest BCUT2D eigenvalue weighted by Crippen LogP contribution is -2.42. The Morgan fingerprint density at radius 2 is 1.84 bits per heavy atom. The topological polar surface area (TPSA) is 107 Å². The fourth-order valence-electron chi connectivity index (χ4n) is 2.97. The van der Waals surface area contributed by atoms with Crippen molar-refractivity contribution in [2.24, 2.45) is 5.92 Å². The predicted molar refractivity (Wildman–Crippen MR) is 110 cm³/mol. The summed E-state index contributed by atoms with van der Waals surface area (Å²) >= 11 is 0. The monoisotopic (exact) mass is 434 g/mol. The van der Waals surface area contributed by atoms with Crippen molar-refractivity contribution in [2.75, 3.05) is 20.8 Å². The SMILES string of the molecule is COC[C@@H](Cc1ccc(F)cc1)[C@H](C)OC(=O)[C@H](C)NC(=O)c1nccc(OC)c1O. The molecule has 0 aliphatic rings. The highest BCUT2D eigenvalue weighted by atomic mass is 19.1. The number of benzene rings is 1. The van der Waals surface area contributed by atoms with Crippen LogP contribution in [0.1, 0.15) is 29.9 Å². The van der Waals surface area contributed by atoms with Crippen molar-refractivity contribution in [3.05, 3.63) is 53.6 Å². The molecule has 0 saturated heterocycles. The second-order valence-electron chi connectivity index (χ2n) is 7.09. The van der Waals surface area contributed by atoms with E-state index in [0.717, 1.165) is 5.56 Å². The van der Waals surface area contributed by atoms with Crippen molar-refractivity contribution in [3.8, 4) is 11.5 Å². The van der Waals surface area contributed by atoms with Crippen LogP contribution in [0, 0.1) is 11.7 Å². The molecule has 2 rings (SSSR count). The van der Waals surface area contributed by atoms with Gasteiger partial charge in [0.15, 0.2) is 17.2 Å². The number of hydrogen-bond acceptors (Lipinski definition) is 7. The van der Waals surface area contributed by atoms with Crippen molar-refractivity contribution in [2.45, 2.75) is 32.4 Å². The number of rotatable bonds is 10. The number of amides is 1. The first-order valence-corrected chi connectivity index (χ1v) is 9.73. The van der Waals surface area contributed by atoms with Gasteiger partial charge in [0.25, 0.3) is 5.91 Å². The molecule has 1 amide bonds. The van der Waals surface area contributed by atoms with Crippen molar-refractivity contribution < 1.29 is 33.3 Å². The van der Waals surface area contributed by atoms with Crippen LogP contribution in [0.15, 0.2) is 36.5 Å². The zero-order valence-electron chi connectivity index (χ0n) is 17.9. The summed E-state index contributed by atoms with van der Waals surface area (Å²) in [4.78, 5) is 28.7. The van der Waals surface area contributed by atoms with E-state index in [4.69, 9.17) is 14.2 Å². The van der Waals surface area contributed by atoms with Crippen molar-refractivity contribution >= 4 is 11.9 Å². The molecular weight excluding hydrogens is 407 g/mol. The number of esters is 1. The summed E-state index contributed by atoms with van der Waals surface area (Å²) in [7, 11) is 2.89. The number of nitrogens with one attached hydrogen (secondary N) is 1. The molecule has 0 radical (unpaired) electrons. The van der Waals surface area contributed by atoms with E-state index in [1.54, 1.807) is 26.2 Å². The minimum Gasteiger partial charge on any atom is -0.503 e. The number of nitrogens with zero attached hydrogens (tertiary/aromatic N) is 1. The van der Waals surface area contributed by atoms with Gasteiger partial charge in [-0.3, -0.25) is 4.79 Å². The molecule has 1 heterocycles. The van der Waals surface area contributed by atoms with Gasteiger partial charge in [-0.1, -0.05) is 12.1 Å². The molecule has 9 heteroatoms. The molecule has 8 nitrogen and oxygen atoms in total. The zero-order valence-corrected chi connectivity index (χ0v) is 17.9. The Morgan fingerprint density at radius 1 is 1.16 bits per heavy atom. The van der Waals surface area contributed by atoms with Crippen LogP contribution in [0.3, 0.4) is 0 Å². The van der Waals surface area contributed by atoms with Crippen LogP contribution in [0.25, 0.3) is 0 Å². The van der Waals surface area contributed by atoms with Gasteiger partial charge in [0.2, 0.25) is 0 Å². The Kier molecular flexibility index (Phi) is 8.75. The zero-order chi connectivity index (χ0) is 23.0. The van der Waals surface area contributed by atoms with Gasteiger partial charge < -0.3 is 24.6 Å². The molecule has 0 spiro atoms. The Hall–Kier alpha value is -3.20. The minimum absolute atomic E-state index is 0.0900. The molecule has 2 N–H and O–H groups in total. The number of hydrogen-bond donors (Lipinski definition) is 2. The van der Waals surface area contributed by atoms with Crippen molar-refractivity contribution in [1.82, 2.24) is 10.3 Å². The van der Waals surface area contributed by atoms with Crippen LogP contribution in [-0.2, 0) is 20.7 Å². The fourth-order valence-corrected chi connectivity index (χ4v) is 2.97. The van der Waals surface area contributed by atoms with E-state index in [9.17, 15) is 19.1 Å². The first-order valence-electron chi connectivity index (χ1n) is 9.73. The number of aromatic hydroxyl groups is 1. The van der Waals surface area contributed by atoms with Crippen LogP contribution < -0.4 is 10.1 Å². The summed E-state index contributed by atoms with van der Waals surface area (Å²) in [5.41, 5.74) is 0.618. The van der Waals surface area contributed by atoms with Crippen molar-refractivity contribution in [1.29, 1.82) is 0 Å². The third-order valence-corrected chi connectivity index (χ3v) is 4.78. The molecule has 31 heavy (non-hydrogen) atoms. The van der Waals surface area contributed by atoms with Gasteiger partial charge in [0.1, 0.15) is 18.0 Å². The average Bonchev–Trinajstić information content (AvgIpc) is 2.74. The minimum atomic E-state index is -0.989. The Bertz CT molecular complexity index is 890. The number of carbonyl (C=O) groups excluding carboxylic acids is 2. The summed E-state index contributed by atoms with van der Waals surface area (Å²) < 4.78 is 28.8. The number of aromatic nitrogens is 1. The summed E-state index contributed by atoms with van der Waals surface area (Å²) in [5, 5.41) is 12.5. The molecule has 0 aliphatic heterocycles. The Balaban J connectivity index is 1.99. The number of halogens is 1. The molecule has 0 bridgehead atoms. The Labute approximate surface area is 180 Å². The molecule has 0 unspecified atom stereocenters. The molecule has 1 aromatic heterocycles. The van der Waals surface area contributed by atoms with Gasteiger partial charge in [-0.15, -0.1) is 0 Å². The molecule has 2 aromatic rings. The van der Waals surface area contributed by atoms with Gasteiger partial charge in [0.05, 0.1) is 13.7 Å². The molecule has 3 atom stereocenters. The third-order valence-electron chi connectivity index (χ3n) is 4.78. The quantitative estimate of drug-likeness (QED) is 0.553.